The molecule has 1 aromatic rings. The molecule has 1 aliphatic heterocycles. The first-order chi connectivity index (χ1) is 15.6. The average molecular weight is 458 g/mol. The highest BCUT2D eigenvalue weighted by Crippen LogP contribution is 2.46. The number of hydrogen-bond donors (Lipinski definition) is 1. The van der Waals surface area contributed by atoms with Crippen LogP contribution in [-0.4, -0.2) is 45.2 Å². The standard InChI is InChI=1S/C25H31NO7/c1-12(2)33-25(29)20-14(4)26-16-10-13(3)19(24(28)32-7)23(27)22(16)21(20)15-8-9-17(30-5)18(11-15)31-6/h8-9,11-13,19,21,26H,10H2,1-7H3/t13-,19-,21+/m0/s1. The molecule has 2 aliphatic rings. The SMILES string of the molecule is COC(=O)[C@@H]1C(=O)C2=C(C[C@@H]1C)NC(C)=C(C(=O)OC(C)C)[C@H]2c1ccc(OC)c(OC)c1. The van der Waals surface area contributed by atoms with Crippen LogP contribution in [0.25, 0.3) is 0 Å². The predicted octanol–water partition coefficient (Wildman–Crippen LogP) is 3.27. The Morgan fingerprint density at radius 3 is 2.33 bits per heavy atom. The van der Waals surface area contributed by atoms with Crippen LogP contribution in [0.1, 0.15) is 45.6 Å². The number of allylic oxidation sites excluding steroid dienone is 3. The second-order valence-electron chi connectivity index (χ2n) is 8.60. The first kappa shape index (κ1) is 24.4. The van der Waals surface area contributed by atoms with Gasteiger partial charge in [-0.2, -0.15) is 0 Å². The number of methoxy groups -OCH3 is 3. The second kappa shape index (κ2) is 9.68. The van der Waals surface area contributed by atoms with Gasteiger partial charge in [-0.05, 0) is 50.8 Å². The molecule has 0 saturated heterocycles. The van der Waals surface area contributed by atoms with E-state index in [9.17, 15) is 14.4 Å². The molecule has 178 valence electrons. The van der Waals surface area contributed by atoms with Crippen molar-refractivity contribution in [3.63, 3.8) is 0 Å². The highest BCUT2D eigenvalue weighted by molar-refractivity contribution is 6.12. The molecule has 0 amide bonds. The number of carbonyl (C=O) groups excluding carboxylic acids is 3. The van der Waals surface area contributed by atoms with E-state index in [1.54, 1.807) is 39.0 Å². The summed E-state index contributed by atoms with van der Waals surface area (Å²) in [5, 5.41) is 3.24. The number of benzene rings is 1. The molecule has 0 aromatic heterocycles. The van der Waals surface area contributed by atoms with Crippen molar-refractivity contribution in [1.82, 2.24) is 5.32 Å². The van der Waals surface area contributed by atoms with Crippen molar-refractivity contribution >= 4 is 17.7 Å². The summed E-state index contributed by atoms with van der Waals surface area (Å²) in [5.74, 6) is -2.41. The van der Waals surface area contributed by atoms with E-state index in [1.807, 2.05) is 6.92 Å². The third kappa shape index (κ3) is 4.47. The number of nitrogens with one attached hydrogen (secondary N) is 1. The van der Waals surface area contributed by atoms with Crippen LogP contribution in [0.5, 0.6) is 11.5 Å². The van der Waals surface area contributed by atoms with Crippen LogP contribution >= 0.6 is 0 Å². The van der Waals surface area contributed by atoms with Gasteiger partial charge < -0.3 is 24.3 Å². The van der Waals surface area contributed by atoms with Crippen molar-refractivity contribution in [2.24, 2.45) is 11.8 Å². The summed E-state index contributed by atoms with van der Waals surface area (Å²) in [4.78, 5) is 39.4. The van der Waals surface area contributed by atoms with Crippen molar-refractivity contribution in [2.75, 3.05) is 21.3 Å². The summed E-state index contributed by atoms with van der Waals surface area (Å²) in [7, 11) is 4.32. The van der Waals surface area contributed by atoms with E-state index in [2.05, 4.69) is 5.32 Å². The van der Waals surface area contributed by atoms with Gasteiger partial charge in [-0.3, -0.25) is 9.59 Å². The molecular formula is C25H31NO7. The summed E-state index contributed by atoms with van der Waals surface area (Å²) in [6.07, 6.45) is 0.123. The maximum atomic E-state index is 13.7. The topological polar surface area (TPSA) is 100 Å². The lowest BCUT2D eigenvalue weighted by molar-refractivity contribution is -0.151. The molecule has 0 unspecified atom stereocenters. The molecular weight excluding hydrogens is 426 g/mol. The number of Topliss-reactive ketones (excluding diaryl/α,β-unsaturated/α-hetero) is 1. The molecule has 3 atom stereocenters. The van der Waals surface area contributed by atoms with Gasteiger partial charge in [-0.15, -0.1) is 0 Å². The monoisotopic (exact) mass is 457 g/mol. The van der Waals surface area contributed by atoms with E-state index in [1.165, 1.54) is 21.3 Å². The highest BCUT2D eigenvalue weighted by Gasteiger charge is 2.47. The van der Waals surface area contributed by atoms with Crippen molar-refractivity contribution in [3.05, 3.63) is 46.3 Å². The number of dihydropyridines is 1. The van der Waals surface area contributed by atoms with Crippen molar-refractivity contribution in [3.8, 4) is 11.5 Å². The Kier molecular flexibility index (Phi) is 7.15. The van der Waals surface area contributed by atoms with Crippen molar-refractivity contribution < 1.29 is 33.3 Å². The summed E-state index contributed by atoms with van der Waals surface area (Å²) in [5.41, 5.74) is 2.66. The number of carbonyl (C=O) groups is 3. The van der Waals surface area contributed by atoms with Gasteiger partial charge in [0.2, 0.25) is 0 Å². The minimum absolute atomic E-state index is 0.251. The minimum atomic E-state index is -0.945. The Morgan fingerprint density at radius 1 is 1.09 bits per heavy atom. The van der Waals surface area contributed by atoms with E-state index < -0.39 is 23.8 Å². The number of hydrogen-bond acceptors (Lipinski definition) is 8. The van der Waals surface area contributed by atoms with Gasteiger partial charge >= 0.3 is 11.9 Å². The molecule has 1 heterocycles. The molecule has 0 fully saturated rings. The molecule has 3 rings (SSSR count). The zero-order valence-electron chi connectivity index (χ0n) is 20.1. The highest BCUT2D eigenvalue weighted by atomic mass is 16.5. The first-order valence-corrected chi connectivity index (χ1v) is 10.9. The molecule has 0 radical (unpaired) electrons. The van der Waals surface area contributed by atoms with Gasteiger partial charge in [-0.25, -0.2) is 4.79 Å². The van der Waals surface area contributed by atoms with Crippen LogP contribution in [0.4, 0.5) is 0 Å². The fourth-order valence-corrected chi connectivity index (χ4v) is 4.59. The Balaban J connectivity index is 2.23. The number of esters is 2. The van der Waals surface area contributed by atoms with Crippen LogP contribution in [-0.2, 0) is 23.9 Å². The minimum Gasteiger partial charge on any atom is -0.493 e. The van der Waals surface area contributed by atoms with Crippen LogP contribution in [0.3, 0.4) is 0 Å². The largest absolute Gasteiger partial charge is 0.493 e. The summed E-state index contributed by atoms with van der Waals surface area (Å²) in [6.45, 7) is 7.16. The van der Waals surface area contributed by atoms with Gasteiger partial charge in [0.15, 0.2) is 17.3 Å². The second-order valence-corrected chi connectivity index (χ2v) is 8.60. The fraction of sp³-hybridized carbons (Fsp3) is 0.480. The molecule has 8 nitrogen and oxygen atoms in total. The molecule has 8 heteroatoms. The van der Waals surface area contributed by atoms with E-state index >= 15 is 0 Å². The van der Waals surface area contributed by atoms with E-state index in [-0.39, 0.29) is 17.8 Å². The normalized spacial score (nSPS) is 22.5. The number of rotatable bonds is 6. The van der Waals surface area contributed by atoms with E-state index in [0.29, 0.717) is 46.0 Å². The molecule has 1 N–H and O–H groups in total. The molecule has 1 aliphatic carbocycles. The molecule has 0 saturated carbocycles. The predicted molar refractivity (Wildman–Crippen MR) is 121 cm³/mol. The van der Waals surface area contributed by atoms with Gasteiger partial charge in [0.1, 0.15) is 5.92 Å². The third-order valence-corrected chi connectivity index (χ3v) is 6.05. The van der Waals surface area contributed by atoms with Gasteiger partial charge in [-0.1, -0.05) is 13.0 Å². The maximum Gasteiger partial charge on any atom is 0.337 e. The van der Waals surface area contributed by atoms with Gasteiger partial charge in [0.05, 0.1) is 33.0 Å². The van der Waals surface area contributed by atoms with E-state index in [4.69, 9.17) is 18.9 Å². The zero-order chi connectivity index (χ0) is 24.4. The van der Waals surface area contributed by atoms with Crippen LogP contribution in [0.2, 0.25) is 0 Å². The average Bonchev–Trinajstić information content (AvgIpc) is 2.76. The van der Waals surface area contributed by atoms with E-state index in [0.717, 1.165) is 0 Å². The van der Waals surface area contributed by atoms with Gasteiger partial charge in [0.25, 0.3) is 0 Å². The molecule has 33 heavy (non-hydrogen) atoms. The molecule has 0 spiro atoms. The maximum absolute atomic E-state index is 13.7. The number of ketones is 1. The van der Waals surface area contributed by atoms with Gasteiger partial charge in [0, 0.05) is 22.9 Å². The third-order valence-electron chi connectivity index (χ3n) is 6.05. The lowest BCUT2D eigenvalue weighted by Gasteiger charge is -2.38. The Hall–Kier alpha value is -3.29. The first-order valence-electron chi connectivity index (χ1n) is 10.9. The van der Waals surface area contributed by atoms with Crippen LogP contribution in [0, 0.1) is 11.8 Å². The zero-order valence-corrected chi connectivity index (χ0v) is 20.1. The number of ether oxygens (including phenoxy) is 4. The summed E-state index contributed by atoms with van der Waals surface area (Å²) < 4.78 is 21.3. The lowest BCUT2D eigenvalue weighted by atomic mass is 9.69. The van der Waals surface area contributed by atoms with Crippen LogP contribution in [0.15, 0.2) is 40.7 Å². The summed E-state index contributed by atoms with van der Waals surface area (Å²) >= 11 is 0. The van der Waals surface area contributed by atoms with Crippen LogP contribution < -0.4 is 14.8 Å². The lowest BCUT2D eigenvalue weighted by Crippen LogP contribution is -2.43. The Morgan fingerprint density at radius 2 is 1.76 bits per heavy atom. The van der Waals surface area contributed by atoms with Crippen molar-refractivity contribution in [2.45, 2.75) is 46.1 Å². The molecule has 0 bridgehead atoms. The Bertz CT molecular complexity index is 1040. The Labute approximate surface area is 193 Å². The molecule has 1 aromatic carbocycles. The fourth-order valence-electron chi connectivity index (χ4n) is 4.59. The van der Waals surface area contributed by atoms with Crippen molar-refractivity contribution in [1.29, 1.82) is 0 Å². The summed E-state index contributed by atoms with van der Waals surface area (Å²) in [6, 6.07) is 5.26. The smallest absolute Gasteiger partial charge is 0.337 e. The quantitative estimate of drug-likeness (QED) is 0.513.